The fraction of sp³-hybridized carbons (Fsp3) is 0.742. The third-order valence-corrected chi connectivity index (χ3v) is 11.1. The van der Waals surface area contributed by atoms with Crippen LogP contribution in [0.1, 0.15) is 78.2 Å². The van der Waals surface area contributed by atoms with Crippen molar-refractivity contribution in [2.24, 2.45) is 34.5 Å². The Morgan fingerprint density at radius 1 is 0.943 bits per heavy atom. The number of hydrogen-bond acceptors (Lipinski definition) is 4. The van der Waals surface area contributed by atoms with Crippen molar-refractivity contribution >= 4 is 5.57 Å². The van der Waals surface area contributed by atoms with Crippen LogP contribution in [0.3, 0.4) is 0 Å². The van der Waals surface area contributed by atoms with Gasteiger partial charge in [-0.2, -0.15) is 0 Å². The van der Waals surface area contributed by atoms with Crippen molar-refractivity contribution in [3.05, 3.63) is 35.9 Å². The van der Waals surface area contributed by atoms with Gasteiger partial charge in [0.15, 0.2) is 5.79 Å². The maximum absolute atomic E-state index is 6.46. The van der Waals surface area contributed by atoms with Crippen LogP contribution in [0.4, 0.5) is 0 Å². The maximum Gasteiger partial charge on any atom is 0.177 e. The summed E-state index contributed by atoms with van der Waals surface area (Å²) >= 11 is 0. The van der Waals surface area contributed by atoms with Crippen LogP contribution in [-0.4, -0.2) is 38.3 Å². The molecule has 1 aromatic carbocycles. The van der Waals surface area contributed by atoms with Gasteiger partial charge < -0.3 is 18.9 Å². The molecule has 0 bridgehead atoms. The fourth-order valence-electron chi connectivity index (χ4n) is 9.43. The lowest BCUT2D eigenvalue weighted by Crippen LogP contribution is -2.57. The number of allylic oxidation sites excluding steroid dienone is 1. The average Bonchev–Trinajstić information content (AvgIpc) is 3.45. The molecule has 35 heavy (non-hydrogen) atoms. The number of fused-ring (bicyclic) bond motifs is 6. The molecular weight excluding hydrogens is 436 g/mol. The first-order chi connectivity index (χ1) is 16.8. The molecule has 1 saturated heterocycles. The summed E-state index contributed by atoms with van der Waals surface area (Å²) in [6.07, 6.45) is 11.1. The second-order valence-electron chi connectivity index (χ2n) is 12.7. The number of hydrogen-bond donors (Lipinski definition) is 0. The van der Waals surface area contributed by atoms with E-state index in [0.29, 0.717) is 29.1 Å². The molecule has 0 aromatic heterocycles. The zero-order chi connectivity index (χ0) is 24.5. The molecule has 0 amide bonds. The second-order valence-corrected chi connectivity index (χ2v) is 12.7. The lowest BCUT2D eigenvalue weighted by atomic mass is 9.44. The fourth-order valence-corrected chi connectivity index (χ4v) is 9.43. The SMILES string of the molecule is CCOC1(C)CC[C@@]2(C)C(CC[C@@H]3[C@@H]2C(c2ccc(OC)cc2)=C[C@@]2(C)[C@H]3CCC23OCCO3)C1. The maximum atomic E-state index is 6.46. The molecule has 0 radical (unpaired) electrons. The van der Waals surface area contributed by atoms with Crippen molar-refractivity contribution < 1.29 is 18.9 Å². The van der Waals surface area contributed by atoms with Gasteiger partial charge in [0.2, 0.25) is 0 Å². The van der Waals surface area contributed by atoms with Crippen molar-refractivity contribution in [3.63, 3.8) is 0 Å². The van der Waals surface area contributed by atoms with Crippen molar-refractivity contribution in [1.29, 1.82) is 0 Å². The van der Waals surface area contributed by atoms with Crippen molar-refractivity contribution in [2.75, 3.05) is 26.9 Å². The minimum Gasteiger partial charge on any atom is -0.497 e. The summed E-state index contributed by atoms with van der Waals surface area (Å²) in [6.45, 7) is 11.8. The van der Waals surface area contributed by atoms with Crippen LogP contribution in [0.15, 0.2) is 30.3 Å². The van der Waals surface area contributed by atoms with Crippen molar-refractivity contribution in [1.82, 2.24) is 0 Å². The van der Waals surface area contributed by atoms with Crippen LogP contribution in [0.2, 0.25) is 0 Å². The van der Waals surface area contributed by atoms with Gasteiger partial charge in [-0.3, -0.25) is 0 Å². The highest BCUT2D eigenvalue weighted by Crippen LogP contribution is 2.70. The molecular formula is C31H44O4. The number of ether oxygens (including phenoxy) is 4. The molecule has 4 fully saturated rings. The van der Waals surface area contributed by atoms with E-state index in [1.807, 2.05) is 0 Å². The minimum atomic E-state index is -0.446. The third kappa shape index (κ3) is 3.42. The van der Waals surface area contributed by atoms with Crippen LogP contribution in [0.25, 0.3) is 5.57 Å². The third-order valence-electron chi connectivity index (χ3n) is 11.1. The van der Waals surface area contributed by atoms with Gasteiger partial charge >= 0.3 is 0 Å². The van der Waals surface area contributed by atoms with Gasteiger partial charge in [0.05, 0.1) is 25.9 Å². The summed E-state index contributed by atoms with van der Waals surface area (Å²) < 4.78 is 24.7. The van der Waals surface area contributed by atoms with Crippen molar-refractivity contribution in [3.8, 4) is 5.75 Å². The molecule has 1 heterocycles. The summed E-state index contributed by atoms with van der Waals surface area (Å²) in [5, 5.41) is 0. The standard InChI is InChI=1S/C31H44O4/c1-6-33-28(2)15-16-29(3)22(19-28)9-12-24-26-13-14-31(34-17-18-35-31)30(26,4)20-25(27(24)29)21-7-10-23(32-5)11-8-21/h7-8,10-11,20,22,24,26-27H,6,9,12-19H2,1-5H3/t22?,24-,26-,27+,28?,29-,30-/m0/s1. The Balaban J connectivity index is 1.46. The topological polar surface area (TPSA) is 36.9 Å². The molecule has 192 valence electrons. The Labute approximate surface area is 211 Å². The van der Waals surface area contributed by atoms with Gasteiger partial charge in [-0.25, -0.2) is 0 Å². The van der Waals surface area contributed by atoms with E-state index in [0.717, 1.165) is 38.4 Å². The van der Waals surface area contributed by atoms with Gasteiger partial charge in [-0.05, 0) is 105 Å². The number of rotatable bonds is 4. The highest BCUT2D eigenvalue weighted by molar-refractivity contribution is 5.71. The molecule has 1 aliphatic heterocycles. The molecule has 4 aliphatic carbocycles. The zero-order valence-corrected chi connectivity index (χ0v) is 22.4. The second kappa shape index (κ2) is 8.33. The van der Waals surface area contributed by atoms with Crippen molar-refractivity contribution in [2.45, 2.75) is 84.0 Å². The minimum absolute atomic E-state index is 0.0296. The summed E-state index contributed by atoms with van der Waals surface area (Å²) in [4.78, 5) is 0. The molecule has 4 heteroatoms. The monoisotopic (exact) mass is 480 g/mol. The van der Waals surface area contributed by atoms with E-state index in [4.69, 9.17) is 18.9 Å². The van der Waals surface area contributed by atoms with E-state index >= 15 is 0 Å². The van der Waals surface area contributed by atoms with E-state index < -0.39 is 5.79 Å². The first-order valence-corrected chi connectivity index (χ1v) is 14.1. The normalized spacial score (nSPS) is 43.9. The average molecular weight is 481 g/mol. The Kier molecular flexibility index (Phi) is 5.71. The molecule has 6 rings (SSSR count). The highest BCUT2D eigenvalue weighted by atomic mass is 16.7. The Hall–Kier alpha value is -1.36. The predicted molar refractivity (Wildman–Crippen MR) is 138 cm³/mol. The molecule has 1 spiro atoms. The highest BCUT2D eigenvalue weighted by Gasteiger charge is 2.67. The molecule has 7 atom stereocenters. The van der Waals surface area contributed by atoms with Gasteiger partial charge in [0.25, 0.3) is 0 Å². The van der Waals surface area contributed by atoms with E-state index in [-0.39, 0.29) is 11.0 Å². The first-order valence-electron chi connectivity index (χ1n) is 14.1. The molecule has 2 unspecified atom stereocenters. The van der Waals surface area contributed by atoms with Crippen LogP contribution in [0, 0.1) is 34.5 Å². The molecule has 0 N–H and O–H groups in total. The van der Waals surface area contributed by atoms with E-state index in [1.165, 1.54) is 43.2 Å². The van der Waals surface area contributed by atoms with E-state index in [1.54, 1.807) is 7.11 Å². The zero-order valence-electron chi connectivity index (χ0n) is 22.4. The predicted octanol–water partition coefficient (Wildman–Crippen LogP) is 6.88. The number of methoxy groups -OCH3 is 1. The van der Waals surface area contributed by atoms with Gasteiger partial charge in [0, 0.05) is 18.4 Å². The quantitative estimate of drug-likeness (QED) is 0.471. The Bertz CT molecular complexity index is 978. The summed E-state index contributed by atoms with van der Waals surface area (Å²) in [7, 11) is 1.75. The molecule has 1 aromatic rings. The van der Waals surface area contributed by atoms with Crippen LogP contribution >= 0.6 is 0 Å². The van der Waals surface area contributed by atoms with Gasteiger partial charge in [-0.1, -0.05) is 32.1 Å². The van der Waals surface area contributed by atoms with Gasteiger partial charge in [-0.15, -0.1) is 0 Å². The Morgan fingerprint density at radius 3 is 2.37 bits per heavy atom. The van der Waals surface area contributed by atoms with Crippen LogP contribution in [-0.2, 0) is 14.2 Å². The molecule has 3 saturated carbocycles. The first kappa shape index (κ1) is 24.0. The van der Waals surface area contributed by atoms with Gasteiger partial charge in [0.1, 0.15) is 5.75 Å². The van der Waals surface area contributed by atoms with Crippen LogP contribution < -0.4 is 4.74 Å². The summed E-state index contributed by atoms with van der Waals surface area (Å²) in [6, 6.07) is 8.82. The lowest BCUT2D eigenvalue weighted by molar-refractivity contribution is -0.218. The van der Waals surface area contributed by atoms with Crippen LogP contribution in [0.5, 0.6) is 5.75 Å². The Morgan fingerprint density at radius 2 is 1.69 bits per heavy atom. The van der Waals surface area contributed by atoms with E-state index in [9.17, 15) is 0 Å². The molecule has 5 aliphatic rings. The smallest absolute Gasteiger partial charge is 0.177 e. The summed E-state index contributed by atoms with van der Waals surface area (Å²) in [5.41, 5.74) is 3.11. The number of benzene rings is 1. The van der Waals surface area contributed by atoms with E-state index in [2.05, 4.69) is 58.0 Å². The lowest BCUT2D eigenvalue weighted by Gasteiger charge is -2.62. The summed E-state index contributed by atoms with van der Waals surface area (Å²) in [5.74, 6) is 3.03. The largest absolute Gasteiger partial charge is 0.497 e. The molecule has 4 nitrogen and oxygen atoms in total.